The van der Waals surface area contributed by atoms with E-state index < -0.39 is 7.26 Å². The molecule has 1 aromatic heterocycles. The maximum atomic E-state index is 5.57. The number of nitrogens with zero attached hydrogens (tertiary/aromatic N) is 1. The Balaban J connectivity index is 0.00000274. The van der Waals surface area contributed by atoms with Gasteiger partial charge in [0.25, 0.3) is 0 Å². The number of aromatic nitrogens is 1. The summed E-state index contributed by atoms with van der Waals surface area (Å²) in [6.45, 7) is 0.977. The van der Waals surface area contributed by atoms with E-state index in [4.69, 9.17) is 4.74 Å². The van der Waals surface area contributed by atoms with E-state index in [9.17, 15) is 0 Å². The molecule has 0 spiro atoms. The number of methoxy groups -OCH3 is 1. The Morgan fingerprint density at radius 3 is 1.68 bits per heavy atom. The Morgan fingerprint density at radius 2 is 1.18 bits per heavy atom. The lowest BCUT2D eigenvalue weighted by Crippen LogP contribution is -3.00. The van der Waals surface area contributed by atoms with Gasteiger partial charge in [0.1, 0.15) is 28.9 Å². The van der Waals surface area contributed by atoms with Crippen molar-refractivity contribution in [2.45, 2.75) is 13.0 Å². The van der Waals surface area contributed by atoms with Gasteiger partial charge in [-0.05, 0) is 54.6 Å². The van der Waals surface area contributed by atoms with Crippen LogP contribution >= 0.6 is 7.26 Å². The van der Waals surface area contributed by atoms with Gasteiger partial charge in [-0.2, -0.15) is 0 Å². The highest BCUT2D eigenvalue weighted by Crippen LogP contribution is 2.55. The standard InChI is InChI=1S/C30H29NOP.HI/c1-32-30-20-11-19-29-28(30)21-23-31(29)22-12-24-33(25-13-5-2-6-14-25,26-15-7-3-8-16-26)27-17-9-4-10-18-27;/h2-11,13-21,23H,12,22,24H2,1H3;1H/q+1;/p-1. The normalized spacial score (nSPS) is 11.2. The summed E-state index contributed by atoms with van der Waals surface area (Å²) in [7, 11) is -0.0447. The van der Waals surface area contributed by atoms with E-state index in [1.807, 2.05) is 6.07 Å². The summed E-state index contributed by atoms with van der Waals surface area (Å²) in [6, 6.07) is 41.9. The second-order valence-corrected chi connectivity index (χ2v) is 11.9. The summed E-state index contributed by atoms with van der Waals surface area (Å²) in [5.74, 6) is 0.936. The van der Waals surface area contributed by atoms with Crippen LogP contribution in [0.15, 0.2) is 121 Å². The molecule has 0 radical (unpaired) electrons. The van der Waals surface area contributed by atoms with Crippen LogP contribution in [0.1, 0.15) is 6.42 Å². The number of hydrogen-bond donors (Lipinski definition) is 0. The van der Waals surface area contributed by atoms with E-state index in [0.29, 0.717) is 0 Å². The van der Waals surface area contributed by atoms with Gasteiger partial charge < -0.3 is 33.3 Å². The molecule has 0 aliphatic heterocycles. The van der Waals surface area contributed by atoms with Crippen molar-refractivity contribution in [1.29, 1.82) is 0 Å². The highest BCUT2D eigenvalue weighted by atomic mass is 127. The van der Waals surface area contributed by atoms with Crippen molar-refractivity contribution >= 4 is 34.1 Å². The summed E-state index contributed by atoms with van der Waals surface area (Å²) in [5, 5.41) is 5.51. The number of rotatable bonds is 8. The second-order valence-electron chi connectivity index (χ2n) is 8.30. The summed E-state index contributed by atoms with van der Waals surface area (Å²) < 4.78 is 7.93. The minimum Gasteiger partial charge on any atom is -1.00 e. The molecule has 5 rings (SSSR count). The molecule has 2 nitrogen and oxygen atoms in total. The lowest BCUT2D eigenvalue weighted by atomic mass is 10.2. The summed E-state index contributed by atoms with van der Waals surface area (Å²) in [6.07, 6.45) is 4.41. The molecule has 4 heteroatoms. The molecule has 172 valence electrons. The third kappa shape index (κ3) is 4.64. The lowest BCUT2D eigenvalue weighted by molar-refractivity contribution is -0.00000667. The van der Waals surface area contributed by atoms with Crippen LogP contribution in [-0.4, -0.2) is 17.8 Å². The molecule has 5 aromatic rings. The van der Waals surface area contributed by atoms with Gasteiger partial charge in [-0.15, -0.1) is 0 Å². The molecule has 4 aromatic carbocycles. The zero-order chi connectivity index (χ0) is 22.5. The second kappa shape index (κ2) is 11.2. The van der Waals surface area contributed by atoms with Crippen LogP contribution in [0.5, 0.6) is 5.75 Å². The molecule has 1 heterocycles. The van der Waals surface area contributed by atoms with Crippen molar-refractivity contribution in [3.05, 3.63) is 121 Å². The average molecular weight is 577 g/mol. The fourth-order valence-electron chi connectivity index (χ4n) is 4.93. The maximum Gasteiger partial charge on any atom is 0.128 e. The van der Waals surface area contributed by atoms with E-state index in [-0.39, 0.29) is 24.0 Å². The van der Waals surface area contributed by atoms with Gasteiger partial charge in [0.2, 0.25) is 0 Å². The SMILES string of the molecule is COc1cccc2c1ccn2CCC[P+](c1ccccc1)(c1ccccc1)c1ccccc1.[I-]. The molecule has 0 saturated heterocycles. The first-order valence-corrected chi connectivity index (χ1v) is 13.5. The predicted molar refractivity (Wildman–Crippen MR) is 143 cm³/mol. The van der Waals surface area contributed by atoms with Crippen LogP contribution in [-0.2, 0) is 6.54 Å². The Kier molecular flexibility index (Phi) is 8.07. The largest absolute Gasteiger partial charge is 1.00 e. The Labute approximate surface area is 220 Å². The Bertz CT molecular complexity index is 1220. The molecule has 0 aliphatic carbocycles. The van der Waals surface area contributed by atoms with Gasteiger partial charge in [0, 0.05) is 24.5 Å². The van der Waals surface area contributed by atoms with Crippen molar-refractivity contribution in [3.8, 4) is 5.75 Å². The van der Waals surface area contributed by atoms with Crippen LogP contribution < -0.4 is 44.6 Å². The smallest absolute Gasteiger partial charge is 0.128 e. The van der Waals surface area contributed by atoms with Crippen LogP contribution in [0.2, 0.25) is 0 Å². The first-order chi connectivity index (χ1) is 16.3. The van der Waals surface area contributed by atoms with Crippen molar-refractivity contribution in [2.75, 3.05) is 13.3 Å². The number of aryl methyl sites for hydroxylation is 1. The third-order valence-electron chi connectivity index (χ3n) is 6.48. The minimum absolute atomic E-state index is 0. The van der Waals surface area contributed by atoms with E-state index in [2.05, 4.69) is 120 Å². The van der Waals surface area contributed by atoms with Crippen LogP contribution in [0, 0.1) is 0 Å². The summed E-state index contributed by atoms with van der Waals surface area (Å²) in [5.41, 5.74) is 1.23. The van der Waals surface area contributed by atoms with Crippen LogP contribution in [0.25, 0.3) is 10.9 Å². The molecular weight excluding hydrogens is 548 g/mol. The van der Waals surface area contributed by atoms with Crippen molar-refractivity contribution in [1.82, 2.24) is 4.57 Å². The highest BCUT2D eigenvalue weighted by molar-refractivity contribution is 7.95. The molecule has 0 fully saturated rings. The molecule has 0 N–H and O–H groups in total. The first-order valence-electron chi connectivity index (χ1n) is 11.5. The van der Waals surface area contributed by atoms with Crippen LogP contribution in [0.3, 0.4) is 0 Å². The van der Waals surface area contributed by atoms with Gasteiger partial charge in [-0.1, -0.05) is 60.7 Å². The number of halogens is 1. The zero-order valence-electron chi connectivity index (χ0n) is 19.3. The Morgan fingerprint density at radius 1 is 0.647 bits per heavy atom. The number of ether oxygens (including phenoxy) is 1. The monoisotopic (exact) mass is 577 g/mol. The number of benzene rings is 4. The zero-order valence-corrected chi connectivity index (χ0v) is 22.4. The highest BCUT2D eigenvalue weighted by Gasteiger charge is 2.44. The molecule has 0 saturated carbocycles. The fourth-order valence-corrected chi connectivity index (χ4v) is 9.26. The van der Waals surface area contributed by atoms with Gasteiger partial charge in [0.15, 0.2) is 0 Å². The molecule has 0 amide bonds. The van der Waals surface area contributed by atoms with Gasteiger partial charge in [0.05, 0.1) is 18.8 Å². The molecule has 0 unspecified atom stereocenters. The predicted octanol–water partition coefficient (Wildman–Crippen LogP) is 3.04. The molecule has 0 atom stereocenters. The van der Waals surface area contributed by atoms with Gasteiger partial charge >= 0.3 is 0 Å². The summed E-state index contributed by atoms with van der Waals surface area (Å²) in [4.78, 5) is 0. The molecule has 0 bridgehead atoms. The van der Waals surface area contributed by atoms with E-state index in [1.54, 1.807) is 7.11 Å². The van der Waals surface area contributed by atoms with E-state index in [1.165, 1.54) is 26.8 Å². The topological polar surface area (TPSA) is 14.2 Å². The number of fused-ring (bicyclic) bond motifs is 1. The minimum atomic E-state index is -1.79. The Hall–Kier alpha value is -2.62. The van der Waals surface area contributed by atoms with E-state index in [0.717, 1.165) is 24.9 Å². The molecule has 34 heavy (non-hydrogen) atoms. The van der Waals surface area contributed by atoms with Crippen molar-refractivity contribution < 1.29 is 28.7 Å². The van der Waals surface area contributed by atoms with Gasteiger partial charge in [-0.25, -0.2) is 0 Å². The van der Waals surface area contributed by atoms with E-state index >= 15 is 0 Å². The summed E-state index contributed by atoms with van der Waals surface area (Å²) >= 11 is 0. The quantitative estimate of drug-likeness (QED) is 0.205. The fraction of sp³-hybridized carbons (Fsp3) is 0.133. The van der Waals surface area contributed by atoms with Crippen molar-refractivity contribution in [3.63, 3.8) is 0 Å². The lowest BCUT2D eigenvalue weighted by Gasteiger charge is -2.28. The van der Waals surface area contributed by atoms with Gasteiger partial charge in [-0.3, -0.25) is 0 Å². The number of hydrogen-bond acceptors (Lipinski definition) is 1. The maximum absolute atomic E-state index is 5.57. The molecule has 0 aliphatic rings. The first kappa shape index (κ1) is 24.5. The van der Waals surface area contributed by atoms with Crippen LogP contribution in [0.4, 0.5) is 0 Å². The molecular formula is C30H29INOP. The average Bonchev–Trinajstić information content (AvgIpc) is 3.31. The third-order valence-corrected chi connectivity index (χ3v) is 11.0. The van der Waals surface area contributed by atoms with Crippen molar-refractivity contribution in [2.24, 2.45) is 0 Å².